The Morgan fingerprint density at radius 1 is 1.47 bits per heavy atom. The number of aliphatic hydroxyl groups excluding tert-OH is 2. The average molecular weight is 270 g/mol. The molecule has 0 saturated carbocycles. The van der Waals surface area contributed by atoms with E-state index in [4.69, 9.17) is 9.84 Å². The van der Waals surface area contributed by atoms with Gasteiger partial charge in [-0.2, -0.15) is 0 Å². The maximum atomic E-state index is 11.8. The fourth-order valence-corrected chi connectivity index (χ4v) is 2.33. The topological polar surface area (TPSA) is 105 Å². The Balaban J connectivity index is 2.43. The summed E-state index contributed by atoms with van der Waals surface area (Å²) in [6.45, 7) is 3.22. The summed E-state index contributed by atoms with van der Waals surface area (Å²) in [5.41, 5.74) is -0.518. The van der Waals surface area contributed by atoms with Gasteiger partial charge in [-0.15, -0.1) is 0 Å². The molecule has 2 rings (SSSR count). The lowest BCUT2D eigenvalue weighted by Gasteiger charge is -2.18. The number of rotatable bonds is 3. The van der Waals surface area contributed by atoms with Crippen LogP contribution in [-0.4, -0.2) is 38.6 Å². The van der Waals surface area contributed by atoms with E-state index in [0.29, 0.717) is 12.0 Å². The summed E-state index contributed by atoms with van der Waals surface area (Å²) in [6, 6.07) is 0. The highest BCUT2D eigenvalue weighted by atomic mass is 16.5. The maximum absolute atomic E-state index is 11.8. The summed E-state index contributed by atoms with van der Waals surface area (Å²) in [4.78, 5) is 25.6. The molecule has 3 N–H and O–H groups in total. The molecule has 19 heavy (non-hydrogen) atoms. The number of aromatic amines is 1. The van der Waals surface area contributed by atoms with Crippen LogP contribution in [0.25, 0.3) is 0 Å². The molecule has 0 aromatic carbocycles. The molecule has 1 saturated heterocycles. The first-order valence-corrected chi connectivity index (χ1v) is 6.28. The highest BCUT2D eigenvalue weighted by Crippen LogP contribution is 2.33. The van der Waals surface area contributed by atoms with Gasteiger partial charge in [-0.3, -0.25) is 14.3 Å². The minimum absolute atomic E-state index is 0.319. The second kappa shape index (κ2) is 5.28. The molecule has 1 aliphatic rings. The summed E-state index contributed by atoms with van der Waals surface area (Å²) in [5.74, 6) is -0.356. The van der Waals surface area contributed by atoms with Gasteiger partial charge in [0.1, 0.15) is 12.3 Å². The smallest absolute Gasteiger partial charge is 0.330 e. The van der Waals surface area contributed by atoms with Crippen LogP contribution in [0.1, 0.15) is 25.6 Å². The number of aryl methyl sites for hydroxylation is 1. The lowest BCUT2D eigenvalue weighted by Crippen LogP contribution is -2.35. The van der Waals surface area contributed by atoms with Crippen molar-refractivity contribution in [3.05, 3.63) is 32.6 Å². The van der Waals surface area contributed by atoms with Crippen LogP contribution < -0.4 is 11.2 Å². The van der Waals surface area contributed by atoms with Crippen LogP contribution in [0.2, 0.25) is 0 Å². The number of H-pyrrole nitrogens is 1. The summed E-state index contributed by atoms with van der Waals surface area (Å²) >= 11 is 0. The Hall–Kier alpha value is -1.44. The van der Waals surface area contributed by atoms with E-state index in [0.717, 1.165) is 0 Å². The third-order valence-electron chi connectivity index (χ3n) is 3.56. The summed E-state index contributed by atoms with van der Waals surface area (Å²) in [6.07, 6.45) is -0.318. The lowest BCUT2D eigenvalue weighted by atomic mass is 10.0. The first kappa shape index (κ1) is 14.0. The number of aliphatic hydroxyl groups is 2. The van der Waals surface area contributed by atoms with Crippen LogP contribution in [0.4, 0.5) is 0 Å². The molecule has 2 heterocycles. The predicted molar refractivity (Wildman–Crippen MR) is 66.9 cm³/mol. The van der Waals surface area contributed by atoms with Crippen molar-refractivity contribution in [1.82, 2.24) is 9.55 Å². The number of nitrogens with zero attached hydrogens (tertiary/aromatic N) is 1. The molecule has 7 heteroatoms. The van der Waals surface area contributed by atoms with Crippen LogP contribution in [-0.2, 0) is 11.2 Å². The van der Waals surface area contributed by atoms with Crippen molar-refractivity contribution in [3.8, 4) is 0 Å². The monoisotopic (exact) mass is 270 g/mol. The standard InChI is InChI=1S/C12H18N2O5/c1-3-7-4-14(12(18)13-10(7)17)11-6(2)9(16)8(5-15)19-11/h4,6,8-9,11,15-16H,3,5H2,1-2H3,(H,13,17,18)/t6-,8+,9-,11+/m0/s1. The number of hydrogen-bond acceptors (Lipinski definition) is 5. The van der Waals surface area contributed by atoms with Crippen molar-refractivity contribution < 1.29 is 14.9 Å². The third-order valence-corrected chi connectivity index (χ3v) is 3.56. The quantitative estimate of drug-likeness (QED) is 0.652. The van der Waals surface area contributed by atoms with Crippen molar-refractivity contribution in [2.24, 2.45) is 5.92 Å². The van der Waals surface area contributed by atoms with Gasteiger partial charge in [0.25, 0.3) is 5.56 Å². The van der Waals surface area contributed by atoms with E-state index in [2.05, 4.69) is 4.98 Å². The highest BCUT2D eigenvalue weighted by molar-refractivity contribution is 5.05. The molecule has 1 aromatic rings. The van der Waals surface area contributed by atoms with E-state index >= 15 is 0 Å². The largest absolute Gasteiger partial charge is 0.394 e. The number of nitrogens with one attached hydrogen (secondary N) is 1. The minimum Gasteiger partial charge on any atom is -0.394 e. The molecule has 1 fully saturated rings. The van der Waals surface area contributed by atoms with Crippen LogP contribution in [0.3, 0.4) is 0 Å². The van der Waals surface area contributed by atoms with E-state index in [1.165, 1.54) is 10.8 Å². The normalized spacial score (nSPS) is 30.7. The van der Waals surface area contributed by atoms with Gasteiger partial charge in [-0.05, 0) is 6.42 Å². The van der Waals surface area contributed by atoms with Gasteiger partial charge in [-0.25, -0.2) is 4.79 Å². The van der Waals surface area contributed by atoms with Gasteiger partial charge in [0.15, 0.2) is 0 Å². The first-order chi connectivity index (χ1) is 8.99. The second-order valence-corrected chi connectivity index (χ2v) is 4.77. The molecular formula is C12H18N2O5. The Morgan fingerprint density at radius 3 is 2.68 bits per heavy atom. The summed E-state index contributed by atoms with van der Waals surface area (Å²) in [7, 11) is 0. The zero-order valence-electron chi connectivity index (χ0n) is 10.9. The fraction of sp³-hybridized carbons (Fsp3) is 0.667. The van der Waals surface area contributed by atoms with E-state index in [9.17, 15) is 14.7 Å². The van der Waals surface area contributed by atoms with Crippen molar-refractivity contribution in [1.29, 1.82) is 0 Å². The Morgan fingerprint density at radius 2 is 2.16 bits per heavy atom. The molecule has 0 unspecified atom stereocenters. The third kappa shape index (κ3) is 2.36. The number of hydrogen-bond donors (Lipinski definition) is 3. The zero-order valence-corrected chi connectivity index (χ0v) is 10.9. The van der Waals surface area contributed by atoms with Gasteiger partial charge < -0.3 is 14.9 Å². The molecule has 0 amide bonds. The molecule has 4 atom stereocenters. The molecule has 7 nitrogen and oxygen atoms in total. The SMILES string of the molecule is CCc1cn([C@@H]2O[C@H](CO)[C@@H](O)[C@@H]2C)c(=O)[nH]c1=O. The Kier molecular flexibility index (Phi) is 3.88. The molecule has 1 aliphatic heterocycles. The van der Waals surface area contributed by atoms with Gasteiger partial charge in [0, 0.05) is 17.7 Å². The van der Waals surface area contributed by atoms with Gasteiger partial charge in [0.05, 0.1) is 12.7 Å². The molecule has 0 aliphatic carbocycles. The van der Waals surface area contributed by atoms with Gasteiger partial charge in [0.2, 0.25) is 0 Å². The summed E-state index contributed by atoms with van der Waals surface area (Å²) < 4.78 is 6.75. The van der Waals surface area contributed by atoms with Crippen LogP contribution in [0.15, 0.2) is 15.8 Å². The molecule has 0 bridgehead atoms. The van der Waals surface area contributed by atoms with Crippen LogP contribution >= 0.6 is 0 Å². The van der Waals surface area contributed by atoms with Gasteiger partial charge in [-0.1, -0.05) is 13.8 Å². The van der Waals surface area contributed by atoms with Crippen LogP contribution in [0.5, 0.6) is 0 Å². The molecule has 106 valence electrons. The second-order valence-electron chi connectivity index (χ2n) is 4.77. The fourth-order valence-electron chi connectivity index (χ4n) is 2.33. The average Bonchev–Trinajstić information content (AvgIpc) is 2.67. The van der Waals surface area contributed by atoms with Gasteiger partial charge >= 0.3 is 5.69 Å². The lowest BCUT2D eigenvalue weighted by molar-refractivity contribution is -0.0477. The van der Waals surface area contributed by atoms with Crippen molar-refractivity contribution in [2.45, 2.75) is 38.7 Å². The van der Waals surface area contributed by atoms with Crippen molar-refractivity contribution in [3.63, 3.8) is 0 Å². The van der Waals surface area contributed by atoms with Crippen molar-refractivity contribution >= 4 is 0 Å². The Bertz CT molecular complexity index is 564. The highest BCUT2D eigenvalue weighted by Gasteiger charge is 2.41. The molecule has 0 spiro atoms. The maximum Gasteiger partial charge on any atom is 0.330 e. The molecule has 1 aromatic heterocycles. The van der Waals surface area contributed by atoms with Crippen LogP contribution in [0, 0.1) is 5.92 Å². The predicted octanol–water partition coefficient (Wildman–Crippen LogP) is -1.01. The Labute approximate surface area is 109 Å². The van der Waals surface area contributed by atoms with E-state index in [1.54, 1.807) is 6.92 Å². The molecular weight excluding hydrogens is 252 g/mol. The van der Waals surface area contributed by atoms with E-state index in [-0.39, 0.29) is 12.5 Å². The first-order valence-electron chi connectivity index (χ1n) is 6.28. The minimum atomic E-state index is -0.848. The molecule has 0 radical (unpaired) electrons. The van der Waals surface area contributed by atoms with Crippen molar-refractivity contribution in [2.75, 3.05) is 6.61 Å². The number of aromatic nitrogens is 2. The summed E-state index contributed by atoms with van der Waals surface area (Å²) in [5, 5.41) is 19.0. The number of ether oxygens (including phenoxy) is 1. The van der Waals surface area contributed by atoms with E-state index in [1.807, 2.05) is 6.92 Å². The van der Waals surface area contributed by atoms with E-state index < -0.39 is 29.7 Å². The zero-order chi connectivity index (χ0) is 14.2.